The van der Waals surface area contributed by atoms with E-state index in [1.54, 1.807) is 6.33 Å². The molecule has 0 aromatic carbocycles. The van der Waals surface area contributed by atoms with Crippen molar-refractivity contribution >= 4 is 28.6 Å². The summed E-state index contributed by atoms with van der Waals surface area (Å²) in [5.41, 5.74) is 1.51. The molecule has 2 aromatic rings. The SMILES string of the molecule is CC1CCN(c2nc(Cl)nc3nc[nH]c23)C1. The van der Waals surface area contributed by atoms with Gasteiger partial charge in [-0.15, -0.1) is 0 Å². The highest BCUT2D eigenvalue weighted by molar-refractivity contribution is 6.28. The third kappa shape index (κ3) is 1.51. The topological polar surface area (TPSA) is 57.7 Å². The highest BCUT2D eigenvalue weighted by Gasteiger charge is 2.23. The van der Waals surface area contributed by atoms with E-state index in [1.165, 1.54) is 6.42 Å². The number of hydrogen-bond donors (Lipinski definition) is 1. The van der Waals surface area contributed by atoms with Crippen LogP contribution in [0.25, 0.3) is 11.2 Å². The lowest BCUT2D eigenvalue weighted by Crippen LogP contribution is -2.21. The van der Waals surface area contributed by atoms with Gasteiger partial charge < -0.3 is 9.88 Å². The Hall–Kier alpha value is -1.36. The van der Waals surface area contributed by atoms with E-state index in [0.717, 1.165) is 24.4 Å². The molecule has 0 radical (unpaired) electrons. The average Bonchev–Trinajstić information content (AvgIpc) is 2.84. The summed E-state index contributed by atoms with van der Waals surface area (Å²) in [7, 11) is 0. The first-order chi connectivity index (χ1) is 7.74. The van der Waals surface area contributed by atoms with Crippen molar-refractivity contribution in [1.29, 1.82) is 0 Å². The van der Waals surface area contributed by atoms with Crippen LogP contribution in [0.3, 0.4) is 0 Å². The van der Waals surface area contributed by atoms with Crippen molar-refractivity contribution in [3.05, 3.63) is 11.6 Å². The van der Waals surface area contributed by atoms with Crippen LogP contribution < -0.4 is 4.90 Å². The molecule has 1 fully saturated rings. The second-order valence-corrected chi connectivity index (χ2v) is 4.60. The Morgan fingerprint density at radius 2 is 2.38 bits per heavy atom. The van der Waals surface area contributed by atoms with Crippen LogP contribution in [0, 0.1) is 5.92 Å². The fourth-order valence-corrected chi connectivity index (χ4v) is 2.31. The summed E-state index contributed by atoms with van der Waals surface area (Å²) < 4.78 is 0. The first kappa shape index (κ1) is 9.84. The molecule has 5 nitrogen and oxygen atoms in total. The number of aromatic nitrogens is 4. The normalized spacial score (nSPS) is 20.9. The zero-order chi connectivity index (χ0) is 11.1. The molecule has 1 atom stereocenters. The molecule has 3 rings (SSSR count). The fraction of sp³-hybridized carbons (Fsp3) is 0.500. The Kier molecular flexibility index (Phi) is 2.21. The van der Waals surface area contributed by atoms with Gasteiger partial charge in [0.05, 0.1) is 6.33 Å². The van der Waals surface area contributed by atoms with Gasteiger partial charge in [0.1, 0.15) is 5.52 Å². The molecular formula is C10H12ClN5. The summed E-state index contributed by atoms with van der Waals surface area (Å²) in [6.45, 7) is 4.27. The number of rotatable bonds is 1. The van der Waals surface area contributed by atoms with Crippen LogP contribution in [0.2, 0.25) is 5.28 Å². The van der Waals surface area contributed by atoms with E-state index in [9.17, 15) is 0 Å². The van der Waals surface area contributed by atoms with Crippen molar-refractivity contribution < 1.29 is 0 Å². The lowest BCUT2D eigenvalue weighted by Gasteiger charge is -2.17. The third-order valence-corrected chi connectivity index (χ3v) is 3.13. The Labute approximate surface area is 97.9 Å². The smallest absolute Gasteiger partial charge is 0.226 e. The van der Waals surface area contributed by atoms with Crippen LogP contribution in [-0.2, 0) is 0 Å². The predicted octanol–water partition coefficient (Wildman–Crippen LogP) is 1.85. The van der Waals surface area contributed by atoms with E-state index in [-0.39, 0.29) is 5.28 Å². The molecule has 0 amide bonds. The van der Waals surface area contributed by atoms with Crippen LogP contribution >= 0.6 is 11.6 Å². The van der Waals surface area contributed by atoms with E-state index < -0.39 is 0 Å². The standard InChI is InChI=1S/C10H12ClN5/c1-6-2-3-16(4-6)9-7-8(13-5-12-7)14-10(11)15-9/h5-6H,2-4H2,1H3,(H,12,13,14,15). The lowest BCUT2D eigenvalue weighted by atomic mass is 10.2. The number of fused-ring (bicyclic) bond motifs is 1. The second kappa shape index (κ2) is 3.59. The Balaban J connectivity index is 2.11. The van der Waals surface area contributed by atoms with Crippen LogP contribution in [0.15, 0.2) is 6.33 Å². The third-order valence-electron chi connectivity index (χ3n) is 2.96. The number of H-pyrrole nitrogens is 1. The highest BCUT2D eigenvalue weighted by Crippen LogP contribution is 2.27. The predicted molar refractivity (Wildman–Crippen MR) is 62.7 cm³/mol. The minimum Gasteiger partial charge on any atom is -0.354 e. The monoisotopic (exact) mass is 237 g/mol. The molecule has 84 valence electrons. The Bertz CT molecular complexity index is 523. The molecule has 1 aliphatic rings. The first-order valence-corrected chi connectivity index (χ1v) is 5.73. The first-order valence-electron chi connectivity index (χ1n) is 5.35. The summed E-state index contributed by atoms with van der Waals surface area (Å²) in [4.78, 5) is 17.8. The number of nitrogens with one attached hydrogen (secondary N) is 1. The highest BCUT2D eigenvalue weighted by atomic mass is 35.5. The molecule has 1 N–H and O–H groups in total. The minimum atomic E-state index is 0.258. The number of hydrogen-bond acceptors (Lipinski definition) is 4. The van der Waals surface area contributed by atoms with E-state index in [0.29, 0.717) is 11.6 Å². The maximum Gasteiger partial charge on any atom is 0.226 e. The van der Waals surface area contributed by atoms with Gasteiger partial charge in [-0.05, 0) is 23.9 Å². The van der Waals surface area contributed by atoms with Crippen molar-refractivity contribution in [3.8, 4) is 0 Å². The molecule has 1 saturated heterocycles. The van der Waals surface area contributed by atoms with Crippen LogP contribution in [0.1, 0.15) is 13.3 Å². The van der Waals surface area contributed by atoms with Gasteiger partial charge in [0, 0.05) is 13.1 Å². The molecule has 2 aromatic heterocycles. The Morgan fingerprint density at radius 3 is 3.12 bits per heavy atom. The summed E-state index contributed by atoms with van der Waals surface area (Å²) in [6.07, 6.45) is 2.82. The average molecular weight is 238 g/mol. The fourth-order valence-electron chi connectivity index (χ4n) is 2.15. The van der Waals surface area contributed by atoms with Gasteiger partial charge in [0.15, 0.2) is 11.5 Å². The summed E-state index contributed by atoms with van der Waals surface area (Å²) >= 11 is 5.89. The molecule has 0 saturated carbocycles. The van der Waals surface area contributed by atoms with E-state index in [2.05, 4.69) is 31.8 Å². The number of imidazole rings is 1. The van der Waals surface area contributed by atoms with Crippen molar-refractivity contribution in [1.82, 2.24) is 19.9 Å². The molecule has 16 heavy (non-hydrogen) atoms. The van der Waals surface area contributed by atoms with Gasteiger partial charge in [-0.1, -0.05) is 6.92 Å². The zero-order valence-corrected chi connectivity index (χ0v) is 9.70. The van der Waals surface area contributed by atoms with E-state index in [1.807, 2.05) is 0 Å². The number of aromatic amines is 1. The molecule has 1 unspecified atom stereocenters. The van der Waals surface area contributed by atoms with Crippen molar-refractivity contribution in [2.24, 2.45) is 5.92 Å². The second-order valence-electron chi connectivity index (χ2n) is 4.26. The maximum absolute atomic E-state index is 5.89. The van der Waals surface area contributed by atoms with Gasteiger partial charge >= 0.3 is 0 Å². The number of nitrogens with zero attached hydrogens (tertiary/aromatic N) is 4. The van der Waals surface area contributed by atoms with E-state index >= 15 is 0 Å². The van der Waals surface area contributed by atoms with Crippen LogP contribution in [0.4, 0.5) is 5.82 Å². The van der Waals surface area contributed by atoms with Crippen LogP contribution in [0.5, 0.6) is 0 Å². The summed E-state index contributed by atoms with van der Waals surface area (Å²) in [5, 5.41) is 0.258. The van der Waals surface area contributed by atoms with Gasteiger partial charge in [0.2, 0.25) is 5.28 Å². The largest absolute Gasteiger partial charge is 0.354 e. The Morgan fingerprint density at radius 1 is 1.50 bits per heavy atom. The number of anilines is 1. The van der Waals surface area contributed by atoms with Crippen molar-refractivity contribution in [2.45, 2.75) is 13.3 Å². The number of halogens is 1. The van der Waals surface area contributed by atoms with Crippen LogP contribution in [-0.4, -0.2) is 33.0 Å². The van der Waals surface area contributed by atoms with E-state index in [4.69, 9.17) is 11.6 Å². The molecule has 0 spiro atoms. The molecular weight excluding hydrogens is 226 g/mol. The summed E-state index contributed by atoms with van der Waals surface area (Å²) in [6, 6.07) is 0. The van der Waals surface area contributed by atoms with Crippen molar-refractivity contribution in [2.75, 3.05) is 18.0 Å². The molecule has 3 heterocycles. The molecule has 0 aliphatic carbocycles. The molecule has 0 bridgehead atoms. The van der Waals surface area contributed by atoms with Crippen molar-refractivity contribution in [3.63, 3.8) is 0 Å². The molecule has 1 aliphatic heterocycles. The van der Waals surface area contributed by atoms with Gasteiger partial charge in [-0.3, -0.25) is 0 Å². The molecule has 6 heteroatoms. The van der Waals surface area contributed by atoms with Gasteiger partial charge in [-0.25, -0.2) is 4.98 Å². The maximum atomic E-state index is 5.89. The zero-order valence-electron chi connectivity index (χ0n) is 8.94. The summed E-state index contributed by atoms with van der Waals surface area (Å²) in [5.74, 6) is 1.57. The minimum absolute atomic E-state index is 0.258. The lowest BCUT2D eigenvalue weighted by molar-refractivity contribution is 0.659. The quantitative estimate of drug-likeness (QED) is 0.769. The van der Waals surface area contributed by atoms with Gasteiger partial charge in [-0.2, -0.15) is 9.97 Å². The van der Waals surface area contributed by atoms with Gasteiger partial charge in [0.25, 0.3) is 0 Å².